The van der Waals surface area contributed by atoms with E-state index in [2.05, 4.69) is 190 Å². The van der Waals surface area contributed by atoms with Crippen molar-refractivity contribution in [3.05, 3.63) is 227 Å². The van der Waals surface area contributed by atoms with E-state index in [1.165, 1.54) is 72.4 Å². The molecular formula is C57H44N4. The van der Waals surface area contributed by atoms with Crippen LogP contribution >= 0.6 is 0 Å². The lowest BCUT2D eigenvalue weighted by Gasteiger charge is -2.15. The molecule has 7 aromatic carbocycles. The molecule has 2 aliphatic rings. The number of para-hydroxylation sites is 1. The second kappa shape index (κ2) is 15.6. The SMILES string of the molecule is C/N=C(\N=C(/c1ccccc1)c1ccc(-c2cccc(-n3c4c(c5ccc(-c6cccc(-n7c8c(c9ccccc97)CCC=C8)c6)cc53)C=CCC4)c2)cc1)c1ccccc1. The average molecular weight is 785 g/mol. The number of nitrogens with zero attached hydrogens (tertiary/aromatic N) is 4. The Morgan fingerprint density at radius 2 is 1.10 bits per heavy atom. The minimum Gasteiger partial charge on any atom is -0.313 e. The molecule has 4 nitrogen and oxygen atoms in total. The number of fused-ring (bicyclic) bond motifs is 6. The van der Waals surface area contributed by atoms with E-state index in [4.69, 9.17) is 4.99 Å². The van der Waals surface area contributed by atoms with E-state index in [0.717, 1.165) is 53.6 Å². The van der Waals surface area contributed by atoms with Crippen LogP contribution in [0.15, 0.2) is 198 Å². The van der Waals surface area contributed by atoms with Gasteiger partial charge in [0.1, 0.15) is 0 Å². The predicted molar refractivity (Wildman–Crippen MR) is 257 cm³/mol. The van der Waals surface area contributed by atoms with Gasteiger partial charge in [0.05, 0.1) is 16.7 Å². The largest absolute Gasteiger partial charge is 0.313 e. The lowest BCUT2D eigenvalue weighted by Crippen LogP contribution is -2.08. The molecule has 292 valence electrons. The first-order valence-electron chi connectivity index (χ1n) is 21.3. The highest BCUT2D eigenvalue weighted by Gasteiger charge is 2.21. The number of allylic oxidation sites excluding steroid dienone is 2. The molecule has 9 aromatic rings. The second-order valence-electron chi connectivity index (χ2n) is 15.9. The molecule has 0 unspecified atom stereocenters. The molecule has 2 aromatic heterocycles. The van der Waals surface area contributed by atoms with Gasteiger partial charge in [0.25, 0.3) is 0 Å². The number of benzene rings is 7. The van der Waals surface area contributed by atoms with Gasteiger partial charge in [0, 0.05) is 62.8 Å². The zero-order valence-corrected chi connectivity index (χ0v) is 34.2. The summed E-state index contributed by atoms with van der Waals surface area (Å²) in [7, 11) is 1.81. The maximum Gasteiger partial charge on any atom is 0.154 e. The standard InChI is InChI=1S/C57H44N4/c1-58-57(42-18-6-3-7-19-42)59-56(40-16-4-2-5-17-40)41-32-30-39(31-33-41)43-20-14-23-47(36-43)61-54-29-13-10-26-50(54)51-35-34-45(38-55(51)61)44-21-15-22-46(37-44)60-52-27-11-8-24-48(52)49-25-9-12-28-53(49)60/h2-8,10-12,14-24,26-28,30-38H,9,13,25,29H2,1H3/b58-57-,59-56+. The first kappa shape index (κ1) is 36.5. The molecule has 61 heavy (non-hydrogen) atoms. The molecule has 0 saturated heterocycles. The highest BCUT2D eigenvalue weighted by molar-refractivity contribution is 6.19. The van der Waals surface area contributed by atoms with E-state index < -0.39 is 0 Å². The smallest absolute Gasteiger partial charge is 0.154 e. The summed E-state index contributed by atoms with van der Waals surface area (Å²) in [5.74, 6) is 0.703. The van der Waals surface area contributed by atoms with E-state index in [0.29, 0.717) is 5.84 Å². The fourth-order valence-corrected chi connectivity index (χ4v) is 9.46. The summed E-state index contributed by atoms with van der Waals surface area (Å²) in [6, 6.07) is 63.3. The van der Waals surface area contributed by atoms with Gasteiger partial charge in [-0.3, -0.25) is 4.99 Å². The molecule has 0 fully saturated rings. The summed E-state index contributed by atoms with van der Waals surface area (Å²) in [6.45, 7) is 0. The minimum absolute atomic E-state index is 0.703. The quantitative estimate of drug-likeness (QED) is 0.114. The Morgan fingerprint density at radius 1 is 0.475 bits per heavy atom. The van der Waals surface area contributed by atoms with Crippen molar-refractivity contribution in [2.75, 3.05) is 7.05 Å². The normalized spacial score (nSPS) is 13.8. The number of hydrogen-bond acceptors (Lipinski definition) is 1. The molecule has 0 atom stereocenters. The van der Waals surface area contributed by atoms with Crippen LogP contribution in [0.4, 0.5) is 0 Å². The molecule has 0 saturated carbocycles. The lowest BCUT2D eigenvalue weighted by molar-refractivity contribution is 0.889. The van der Waals surface area contributed by atoms with Gasteiger partial charge in [-0.05, 0) is 96.0 Å². The number of amidine groups is 1. The number of aromatic nitrogens is 2. The Balaban J connectivity index is 0.977. The van der Waals surface area contributed by atoms with Crippen molar-refractivity contribution in [1.82, 2.24) is 9.13 Å². The van der Waals surface area contributed by atoms with E-state index in [9.17, 15) is 0 Å². The van der Waals surface area contributed by atoms with Crippen LogP contribution in [0.5, 0.6) is 0 Å². The zero-order valence-electron chi connectivity index (χ0n) is 34.2. The van der Waals surface area contributed by atoms with Crippen LogP contribution in [-0.4, -0.2) is 27.7 Å². The molecule has 0 bridgehead atoms. The Labute approximate surface area is 356 Å². The highest BCUT2D eigenvalue weighted by atomic mass is 15.0. The molecular weight excluding hydrogens is 741 g/mol. The summed E-state index contributed by atoms with van der Waals surface area (Å²) in [4.78, 5) is 9.74. The van der Waals surface area contributed by atoms with Crippen LogP contribution in [0, 0.1) is 0 Å². The van der Waals surface area contributed by atoms with Gasteiger partial charge >= 0.3 is 0 Å². The van der Waals surface area contributed by atoms with Crippen molar-refractivity contribution in [2.24, 2.45) is 9.98 Å². The summed E-state index contributed by atoms with van der Waals surface area (Å²) < 4.78 is 4.96. The van der Waals surface area contributed by atoms with Crippen molar-refractivity contribution >= 4 is 45.5 Å². The van der Waals surface area contributed by atoms with Crippen molar-refractivity contribution in [1.29, 1.82) is 0 Å². The molecule has 0 aliphatic heterocycles. The number of aryl methyl sites for hydroxylation is 1. The van der Waals surface area contributed by atoms with Crippen molar-refractivity contribution in [2.45, 2.75) is 25.7 Å². The fraction of sp³-hybridized carbons (Fsp3) is 0.0877. The van der Waals surface area contributed by atoms with Crippen LogP contribution in [-0.2, 0) is 12.8 Å². The molecule has 0 N–H and O–H groups in total. The highest BCUT2D eigenvalue weighted by Crippen LogP contribution is 2.39. The zero-order chi connectivity index (χ0) is 40.7. The first-order chi connectivity index (χ1) is 30.2. The molecule has 2 aliphatic carbocycles. The van der Waals surface area contributed by atoms with Crippen LogP contribution < -0.4 is 0 Å². The van der Waals surface area contributed by atoms with Crippen molar-refractivity contribution in [3.8, 4) is 33.6 Å². The minimum atomic E-state index is 0.703. The van der Waals surface area contributed by atoms with Crippen LogP contribution in [0.25, 0.3) is 67.6 Å². The van der Waals surface area contributed by atoms with Crippen LogP contribution in [0.2, 0.25) is 0 Å². The van der Waals surface area contributed by atoms with Crippen molar-refractivity contribution in [3.63, 3.8) is 0 Å². The summed E-state index contributed by atoms with van der Waals surface area (Å²) >= 11 is 0. The van der Waals surface area contributed by atoms with Crippen LogP contribution in [0.3, 0.4) is 0 Å². The summed E-state index contributed by atoms with van der Waals surface area (Å²) in [5.41, 5.74) is 19.0. The van der Waals surface area contributed by atoms with Gasteiger partial charge in [-0.25, -0.2) is 4.99 Å². The second-order valence-corrected chi connectivity index (χ2v) is 15.9. The summed E-state index contributed by atoms with van der Waals surface area (Å²) in [6.07, 6.45) is 13.5. The Hall–Kier alpha value is -7.56. The van der Waals surface area contributed by atoms with Crippen LogP contribution in [0.1, 0.15) is 52.0 Å². The fourth-order valence-electron chi connectivity index (χ4n) is 9.46. The van der Waals surface area contributed by atoms with Gasteiger partial charge in [0.2, 0.25) is 0 Å². The third-order valence-corrected chi connectivity index (χ3v) is 12.3. The van der Waals surface area contributed by atoms with E-state index in [-0.39, 0.29) is 0 Å². The third-order valence-electron chi connectivity index (χ3n) is 12.3. The third kappa shape index (κ3) is 6.58. The maximum absolute atomic E-state index is 5.15. The van der Waals surface area contributed by atoms with E-state index in [1.807, 2.05) is 24.3 Å². The number of aliphatic imine (C=N–C) groups is 2. The molecule has 2 heterocycles. The van der Waals surface area contributed by atoms with E-state index >= 15 is 0 Å². The van der Waals surface area contributed by atoms with Crippen molar-refractivity contribution < 1.29 is 0 Å². The number of rotatable bonds is 7. The number of hydrogen-bond donors (Lipinski definition) is 0. The maximum atomic E-state index is 5.15. The van der Waals surface area contributed by atoms with Gasteiger partial charge in [-0.1, -0.05) is 158 Å². The summed E-state index contributed by atoms with van der Waals surface area (Å²) in [5, 5.41) is 2.64. The Bertz CT molecular complexity index is 3230. The topological polar surface area (TPSA) is 34.6 Å². The Kier molecular flexibility index (Phi) is 9.31. The van der Waals surface area contributed by atoms with Gasteiger partial charge in [0.15, 0.2) is 5.84 Å². The average Bonchev–Trinajstić information content (AvgIpc) is 3.85. The molecule has 0 radical (unpaired) electrons. The van der Waals surface area contributed by atoms with E-state index in [1.54, 1.807) is 7.05 Å². The Morgan fingerprint density at radius 3 is 1.87 bits per heavy atom. The first-order valence-corrected chi connectivity index (χ1v) is 21.3. The lowest BCUT2D eigenvalue weighted by atomic mass is 9.98. The molecule has 11 rings (SSSR count). The monoisotopic (exact) mass is 784 g/mol. The van der Waals surface area contributed by atoms with Gasteiger partial charge in [-0.2, -0.15) is 0 Å². The molecule has 0 spiro atoms. The van der Waals surface area contributed by atoms with Gasteiger partial charge in [-0.15, -0.1) is 0 Å². The predicted octanol–water partition coefficient (Wildman–Crippen LogP) is 13.7. The molecule has 0 amide bonds. The molecule has 4 heteroatoms. The van der Waals surface area contributed by atoms with Gasteiger partial charge < -0.3 is 9.13 Å².